The fourth-order valence-corrected chi connectivity index (χ4v) is 2.72. The molecule has 0 saturated carbocycles. The van der Waals surface area contributed by atoms with Gasteiger partial charge in [-0.2, -0.15) is 5.10 Å². The summed E-state index contributed by atoms with van der Waals surface area (Å²) in [5.74, 6) is 1.60. The summed E-state index contributed by atoms with van der Waals surface area (Å²) in [5, 5.41) is 10.00. The third-order valence-electron chi connectivity index (χ3n) is 3.89. The fourth-order valence-electron chi connectivity index (χ4n) is 2.72. The Labute approximate surface area is 128 Å². The maximum atomic E-state index is 11.2. The van der Waals surface area contributed by atoms with Gasteiger partial charge in [0.2, 0.25) is 0 Å². The molecule has 1 saturated heterocycles. The minimum atomic E-state index is -0.176. The van der Waals surface area contributed by atoms with E-state index in [9.17, 15) is 4.79 Å². The van der Waals surface area contributed by atoms with Crippen LogP contribution in [0, 0.1) is 6.92 Å². The average molecular weight is 300 g/mol. The van der Waals surface area contributed by atoms with Crippen molar-refractivity contribution >= 4 is 11.6 Å². The molecule has 2 aromatic rings. The summed E-state index contributed by atoms with van der Waals surface area (Å²) in [6, 6.07) is 3.63. The lowest BCUT2D eigenvalue weighted by Crippen LogP contribution is -2.44. The van der Waals surface area contributed by atoms with E-state index in [2.05, 4.69) is 30.4 Å². The first kappa shape index (κ1) is 14.5. The standard InChI is InChI=1S/C15H20N6O/c1-11-8-17-13(10-16-11)18-9-12-4-2-3-7-21(12)14-5-6-15(22)20-19-14/h5-6,8,10,12H,2-4,7,9H2,1H3,(H,17,18)(H,20,22). The van der Waals surface area contributed by atoms with Gasteiger partial charge in [-0.1, -0.05) is 0 Å². The molecule has 1 unspecified atom stereocenters. The van der Waals surface area contributed by atoms with E-state index >= 15 is 0 Å². The molecule has 2 aromatic heterocycles. The van der Waals surface area contributed by atoms with Crippen LogP contribution in [0.2, 0.25) is 0 Å². The highest BCUT2D eigenvalue weighted by molar-refractivity contribution is 5.40. The van der Waals surface area contributed by atoms with Crippen molar-refractivity contribution in [3.05, 3.63) is 40.6 Å². The molecule has 22 heavy (non-hydrogen) atoms. The van der Waals surface area contributed by atoms with Crippen molar-refractivity contribution in [1.82, 2.24) is 20.2 Å². The molecule has 0 amide bonds. The van der Waals surface area contributed by atoms with E-state index in [0.717, 1.165) is 43.3 Å². The molecule has 0 aromatic carbocycles. The predicted octanol–water partition coefficient (Wildman–Crippen LogP) is 1.34. The summed E-state index contributed by atoms with van der Waals surface area (Å²) < 4.78 is 0. The van der Waals surface area contributed by atoms with Gasteiger partial charge in [0.15, 0.2) is 0 Å². The van der Waals surface area contributed by atoms with Crippen LogP contribution in [-0.4, -0.2) is 39.3 Å². The molecular formula is C15H20N6O. The summed E-state index contributed by atoms with van der Waals surface area (Å²) in [6.45, 7) is 3.64. The van der Waals surface area contributed by atoms with E-state index in [1.54, 1.807) is 18.5 Å². The summed E-state index contributed by atoms with van der Waals surface area (Å²) in [7, 11) is 0. The van der Waals surface area contributed by atoms with Crippen LogP contribution in [0.25, 0.3) is 0 Å². The first-order valence-corrected chi connectivity index (χ1v) is 7.57. The highest BCUT2D eigenvalue weighted by Crippen LogP contribution is 2.22. The second-order valence-electron chi connectivity index (χ2n) is 5.55. The van der Waals surface area contributed by atoms with E-state index in [4.69, 9.17) is 0 Å². The van der Waals surface area contributed by atoms with Gasteiger partial charge in [0.1, 0.15) is 11.6 Å². The van der Waals surface area contributed by atoms with Crippen LogP contribution in [0.5, 0.6) is 0 Å². The second-order valence-corrected chi connectivity index (χ2v) is 5.55. The summed E-state index contributed by atoms with van der Waals surface area (Å²) in [4.78, 5) is 22.0. The van der Waals surface area contributed by atoms with Crippen LogP contribution in [0.15, 0.2) is 29.3 Å². The highest BCUT2D eigenvalue weighted by Gasteiger charge is 2.23. The molecule has 1 fully saturated rings. The number of rotatable bonds is 4. The molecule has 7 heteroatoms. The Hall–Kier alpha value is -2.44. The van der Waals surface area contributed by atoms with Crippen molar-refractivity contribution < 1.29 is 0 Å². The number of nitrogens with zero attached hydrogens (tertiary/aromatic N) is 4. The zero-order valence-electron chi connectivity index (χ0n) is 12.6. The number of anilines is 2. The number of hydrogen-bond donors (Lipinski definition) is 2. The number of H-pyrrole nitrogens is 1. The SMILES string of the molecule is Cc1cnc(NCC2CCCCN2c2ccc(=O)[nH]n2)cn1. The average Bonchev–Trinajstić information content (AvgIpc) is 2.55. The Morgan fingerprint density at radius 1 is 1.32 bits per heavy atom. The summed E-state index contributed by atoms with van der Waals surface area (Å²) in [6.07, 6.45) is 6.94. The molecule has 0 radical (unpaired) electrons. The minimum absolute atomic E-state index is 0.176. The van der Waals surface area contributed by atoms with Crippen molar-refractivity contribution in [3.8, 4) is 0 Å². The van der Waals surface area contributed by atoms with E-state index in [-0.39, 0.29) is 5.56 Å². The Bertz CT molecular complexity index is 648. The van der Waals surface area contributed by atoms with Crippen molar-refractivity contribution in [2.75, 3.05) is 23.3 Å². The molecule has 1 aliphatic rings. The quantitative estimate of drug-likeness (QED) is 0.886. The van der Waals surface area contributed by atoms with Gasteiger partial charge in [-0.3, -0.25) is 9.78 Å². The third kappa shape index (κ3) is 3.41. The maximum Gasteiger partial charge on any atom is 0.264 e. The Morgan fingerprint density at radius 3 is 2.95 bits per heavy atom. The van der Waals surface area contributed by atoms with Crippen LogP contribution < -0.4 is 15.8 Å². The van der Waals surface area contributed by atoms with Crippen molar-refractivity contribution in [1.29, 1.82) is 0 Å². The zero-order chi connectivity index (χ0) is 15.4. The first-order valence-electron chi connectivity index (χ1n) is 7.57. The van der Waals surface area contributed by atoms with Crippen LogP contribution in [-0.2, 0) is 0 Å². The minimum Gasteiger partial charge on any atom is -0.367 e. The maximum absolute atomic E-state index is 11.2. The molecule has 3 rings (SSSR count). The molecule has 0 bridgehead atoms. The van der Waals surface area contributed by atoms with Gasteiger partial charge in [-0.05, 0) is 32.3 Å². The number of aromatic amines is 1. The lowest BCUT2D eigenvalue weighted by molar-refractivity contribution is 0.467. The van der Waals surface area contributed by atoms with Gasteiger partial charge in [0, 0.05) is 25.2 Å². The van der Waals surface area contributed by atoms with Crippen LogP contribution >= 0.6 is 0 Å². The van der Waals surface area contributed by atoms with Crippen molar-refractivity contribution in [2.24, 2.45) is 0 Å². The van der Waals surface area contributed by atoms with Gasteiger partial charge in [0.25, 0.3) is 5.56 Å². The molecular weight excluding hydrogens is 280 g/mol. The molecule has 2 N–H and O–H groups in total. The predicted molar refractivity (Wildman–Crippen MR) is 85.1 cm³/mol. The van der Waals surface area contributed by atoms with Crippen LogP contribution in [0.3, 0.4) is 0 Å². The number of nitrogens with one attached hydrogen (secondary N) is 2. The van der Waals surface area contributed by atoms with E-state index in [0.29, 0.717) is 6.04 Å². The van der Waals surface area contributed by atoms with Gasteiger partial charge >= 0.3 is 0 Å². The normalized spacial score (nSPS) is 18.2. The molecule has 1 atom stereocenters. The Balaban J connectivity index is 1.68. The molecule has 0 aliphatic carbocycles. The van der Waals surface area contributed by atoms with E-state index in [1.807, 2.05) is 6.92 Å². The lowest BCUT2D eigenvalue weighted by atomic mass is 10.0. The van der Waals surface area contributed by atoms with Crippen molar-refractivity contribution in [3.63, 3.8) is 0 Å². The number of piperidine rings is 1. The molecule has 0 spiro atoms. The zero-order valence-corrected chi connectivity index (χ0v) is 12.6. The largest absolute Gasteiger partial charge is 0.367 e. The monoisotopic (exact) mass is 300 g/mol. The number of hydrogen-bond acceptors (Lipinski definition) is 6. The number of aryl methyl sites for hydroxylation is 1. The third-order valence-corrected chi connectivity index (χ3v) is 3.89. The second kappa shape index (κ2) is 6.55. The molecule has 1 aliphatic heterocycles. The summed E-state index contributed by atoms with van der Waals surface area (Å²) in [5.41, 5.74) is 0.729. The summed E-state index contributed by atoms with van der Waals surface area (Å²) >= 11 is 0. The van der Waals surface area contributed by atoms with Gasteiger partial charge in [-0.25, -0.2) is 10.1 Å². The van der Waals surface area contributed by atoms with Gasteiger partial charge in [-0.15, -0.1) is 0 Å². The number of aromatic nitrogens is 4. The molecule has 7 nitrogen and oxygen atoms in total. The Kier molecular flexibility index (Phi) is 4.32. The molecule has 3 heterocycles. The highest BCUT2D eigenvalue weighted by atomic mass is 16.1. The fraction of sp³-hybridized carbons (Fsp3) is 0.467. The first-order chi connectivity index (χ1) is 10.7. The lowest BCUT2D eigenvalue weighted by Gasteiger charge is -2.36. The van der Waals surface area contributed by atoms with E-state index < -0.39 is 0 Å². The van der Waals surface area contributed by atoms with Crippen LogP contribution in [0.4, 0.5) is 11.6 Å². The topological polar surface area (TPSA) is 86.8 Å². The molecule has 116 valence electrons. The Morgan fingerprint density at radius 2 is 2.23 bits per heavy atom. The van der Waals surface area contributed by atoms with Gasteiger partial charge in [0.05, 0.1) is 18.1 Å². The van der Waals surface area contributed by atoms with Crippen LogP contribution in [0.1, 0.15) is 25.0 Å². The van der Waals surface area contributed by atoms with Crippen molar-refractivity contribution in [2.45, 2.75) is 32.2 Å². The van der Waals surface area contributed by atoms with Gasteiger partial charge < -0.3 is 10.2 Å². The van der Waals surface area contributed by atoms with E-state index in [1.165, 1.54) is 12.5 Å². The smallest absolute Gasteiger partial charge is 0.264 e.